The van der Waals surface area contributed by atoms with E-state index in [0.29, 0.717) is 18.9 Å². The molecule has 4 rings (SSSR count). The average molecular weight is 468 g/mol. The summed E-state index contributed by atoms with van der Waals surface area (Å²) >= 11 is 0. The second kappa shape index (κ2) is 11.6. The number of nitroso groups, excluding NO2 is 1. The van der Waals surface area contributed by atoms with Crippen molar-refractivity contribution in [1.29, 1.82) is 0 Å². The third-order valence-electron chi connectivity index (χ3n) is 5.53. The first-order valence-electron chi connectivity index (χ1n) is 11.3. The van der Waals surface area contributed by atoms with Crippen molar-refractivity contribution in [3.63, 3.8) is 0 Å². The zero-order valence-corrected chi connectivity index (χ0v) is 19.1. The van der Waals surface area contributed by atoms with Crippen LogP contribution in [-0.2, 0) is 29.0 Å². The lowest BCUT2D eigenvalue weighted by atomic mass is 10.1. The summed E-state index contributed by atoms with van der Waals surface area (Å²) in [4.78, 5) is 34.5. The predicted molar refractivity (Wildman–Crippen MR) is 136 cm³/mol. The second-order valence-electron chi connectivity index (χ2n) is 8.02. The van der Waals surface area contributed by atoms with Gasteiger partial charge in [-0.3, -0.25) is 9.59 Å². The molecule has 7 heteroatoms. The van der Waals surface area contributed by atoms with Crippen LogP contribution in [0.2, 0.25) is 0 Å². The highest BCUT2D eigenvalue weighted by Gasteiger charge is 2.13. The summed E-state index contributed by atoms with van der Waals surface area (Å²) in [7, 11) is 0. The van der Waals surface area contributed by atoms with Crippen molar-refractivity contribution in [2.45, 2.75) is 19.4 Å². The van der Waals surface area contributed by atoms with Gasteiger partial charge in [0.05, 0.1) is 11.9 Å². The summed E-state index contributed by atoms with van der Waals surface area (Å²) in [6, 6.07) is 25.4. The molecule has 0 saturated heterocycles. The number of aromatic nitrogens is 1. The van der Waals surface area contributed by atoms with E-state index in [1.165, 1.54) is 6.20 Å². The molecule has 0 unspecified atom stereocenters. The number of rotatable bonds is 10. The Morgan fingerprint density at radius 3 is 2.37 bits per heavy atom. The van der Waals surface area contributed by atoms with Crippen LogP contribution in [0, 0.1) is 4.91 Å². The molecule has 0 radical (unpaired) electrons. The molecule has 1 aromatic heterocycles. The molecule has 7 nitrogen and oxygen atoms in total. The largest absolute Gasteiger partial charge is 0.489 e. The van der Waals surface area contributed by atoms with Gasteiger partial charge in [-0.15, -0.1) is 4.91 Å². The van der Waals surface area contributed by atoms with Crippen molar-refractivity contribution in [3.8, 4) is 5.75 Å². The van der Waals surface area contributed by atoms with Gasteiger partial charge in [-0.2, -0.15) is 0 Å². The van der Waals surface area contributed by atoms with Gasteiger partial charge >= 0.3 is 5.91 Å². The van der Waals surface area contributed by atoms with Gasteiger partial charge in [0.15, 0.2) is 0 Å². The van der Waals surface area contributed by atoms with Crippen LogP contribution in [0.3, 0.4) is 0 Å². The fourth-order valence-electron chi connectivity index (χ4n) is 3.80. The minimum absolute atomic E-state index is 0.106. The number of benzene rings is 3. The minimum atomic E-state index is -0.880. The average Bonchev–Trinajstić information content (AvgIpc) is 3.23. The highest BCUT2D eigenvalue weighted by molar-refractivity contribution is 5.94. The molecule has 0 bridgehead atoms. The van der Waals surface area contributed by atoms with Gasteiger partial charge in [-0.05, 0) is 41.3 Å². The predicted octanol–water partition coefficient (Wildman–Crippen LogP) is 4.89. The van der Waals surface area contributed by atoms with Crippen LogP contribution >= 0.6 is 0 Å². The van der Waals surface area contributed by atoms with Gasteiger partial charge in [-0.1, -0.05) is 60.7 Å². The van der Waals surface area contributed by atoms with Crippen molar-refractivity contribution >= 4 is 28.9 Å². The lowest BCUT2D eigenvalue weighted by molar-refractivity contribution is -0.120. The number of fused-ring (bicyclic) bond motifs is 1. The SMILES string of the molecule is O=NC(=O)/C=C/n1cc(CC(=O)NCCc2ccccc2)c2cc(OCc3ccccc3)ccc21. The second-order valence-corrected chi connectivity index (χ2v) is 8.02. The monoisotopic (exact) mass is 467 g/mol. The number of carbonyl (C=O) groups is 2. The van der Waals surface area contributed by atoms with Crippen LogP contribution < -0.4 is 10.1 Å². The Hall–Kier alpha value is -4.52. The van der Waals surface area contributed by atoms with Gasteiger partial charge < -0.3 is 14.6 Å². The standard InChI is InChI=1S/C28H25N3O4/c32-27(30-34)14-16-31-19-23(17-28(33)29-15-13-21-7-3-1-4-8-21)25-18-24(11-12-26(25)31)35-20-22-9-5-2-6-10-22/h1-12,14,16,18-19H,13,15,17,20H2,(H,29,33)/b16-14+. The maximum Gasteiger partial charge on any atom is 0.311 e. The van der Waals surface area contributed by atoms with E-state index >= 15 is 0 Å². The Kier molecular flexibility index (Phi) is 7.81. The zero-order chi connectivity index (χ0) is 24.5. The Morgan fingerprint density at radius 2 is 1.66 bits per heavy atom. The van der Waals surface area contributed by atoms with E-state index in [-0.39, 0.29) is 12.3 Å². The van der Waals surface area contributed by atoms with Crippen molar-refractivity contribution in [2.24, 2.45) is 5.18 Å². The van der Waals surface area contributed by atoms with Gasteiger partial charge in [0.2, 0.25) is 5.91 Å². The molecular formula is C28H25N3O4. The van der Waals surface area contributed by atoms with Crippen molar-refractivity contribution < 1.29 is 14.3 Å². The molecule has 4 aromatic rings. The van der Waals surface area contributed by atoms with Crippen LogP contribution in [0.1, 0.15) is 16.7 Å². The number of amides is 2. The third kappa shape index (κ3) is 6.51. The Morgan fingerprint density at radius 1 is 0.943 bits per heavy atom. The number of nitrogens with one attached hydrogen (secondary N) is 1. The van der Waals surface area contributed by atoms with Crippen molar-refractivity contribution in [3.05, 3.63) is 113 Å². The molecule has 0 saturated carbocycles. The van der Waals surface area contributed by atoms with Crippen LogP contribution in [-0.4, -0.2) is 22.9 Å². The van der Waals surface area contributed by atoms with E-state index in [2.05, 4.69) is 10.5 Å². The van der Waals surface area contributed by atoms with Gasteiger partial charge in [-0.25, -0.2) is 0 Å². The minimum Gasteiger partial charge on any atom is -0.489 e. The first kappa shape index (κ1) is 23.6. The van der Waals surface area contributed by atoms with E-state index < -0.39 is 5.91 Å². The zero-order valence-electron chi connectivity index (χ0n) is 19.1. The summed E-state index contributed by atoms with van der Waals surface area (Å²) in [5, 5.41) is 6.18. The molecule has 176 valence electrons. The molecule has 0 spiro atoms. The Balaban J connectivity index is 1.52. The number of hydrogen-bond donors (Lipinski definition) is 1. The van der Waals surface area contributed by atoms with Crippen LogP contribution in [0.5, 0.6) is 5.75 Å². The molecule has 0 atom stereocenters. The van der Waals surface area contributed by atoms with Crippen LogP contribution in [0.15, 0.2) is 96.3 Å². The summed E-state index contributed by atoms with van der Waals surface area (Å²) < 4.78 is 7.66. The topological polar surface area (TPSA) is 89.8 Å². The molecule has 2 amide bonds. The molecule has 0 aliphatic carbocycles. The van der Waals surface area contributed by atoms with E-state index in [0.717, 1.165) is 40.1 Å². The summed E-state index contributed by atoms with van der Waals surface area (Å²) in [6.07, 6.45) is 5.24. The lowest BCUT2D eigenvalue weighted by Crippen LogP contribution is -2.27. The highest BCUT2D eigenvalue weighted by atomic mass is 16.5. The fraction of sp³-hybridized carbons (Fsp3) is 0.143. The van der Waals surface area contributed by atoms with Crippen molar-refractivity contribution in [1.82, 2.24) is 9.88 Å². The number of hydrogen-bond acceptors (Lipinski definition) is 4. The first-order chi connectivity index (χ1) is 17.1. The van der Waals surface area contributed by atoms with E-state index in [4.69, 9.17) is 4.74 Å². The number of carbonyl (C=O) groups excluding carboxylic acids is 2. The highest BCUT2D eigenvalue weighted by Crippen LogP contribution is 2.27. The lowest BCUT2D eigenvalue weighted by Gasteiger charge is -2.08. The van der Waals surface area contributed by atoms with Crippen molar-refractivity contribution in [2.75, 3.05) is 6.54 Å². The van der Waals surface area contributed by atoms with Gasteiger partial charge in [0.1, 0.15) is 12.4 Å². The quantitative estimate of drug-likeness (QED) is 0.266. The van der Waals surface area contributed by atoms with E-state index in [1.807, 2.05) is 78.9 Å². The molecule has 0 fully saturated rings. The number of ether oxygens (including phenoxy) is 1. The molecule has 0 aliphatic heterocycles. The summed E-state index contributed by atoms with van der Waals surface area (Å²) in [5.41, 5.74) is 3.76. The molecular weight excluding hydrogens is 442 g/mol. The molecule has 1 heterocycles. The van der Waals surface area contributed by atoms with E-state index in [1.54, 1.807) is 10.8 Å². The maximum atomic E-state index is 12.7. The van der Waals surface area contributed by atoms with Gasteiger partial charge in [0, 0.05) is 35.6 Å². The van der Waals surface area contributed by atoms with Crippen LogP contribution in [0.4, 0.5) is 0 Å². The third-order valence-corrected chi connectivity index (χ3v) is 5.53. The first-order valence-corrected chi connectivity index (χ1v) is 11.3. The molecule has 3 aromatic carbocycles. The molecule has 35 heavy (non-hydrogen) atoms. The molecule has 0 aliphatic rings. The normalized spacial score (nSPS) is 11.0. The fourth-order valence-corrected chi connectivity index (χ4v) is 3.80. The smallest absolute Gasteiger partial charge is 0.311 e. The van der Waals surface area contributed by atoms with E-state index in [9.17, 15) is 14.5 Å². The maximum absolute atomic E-state index is 12.7. The van der Waals surface area contributed by atoms with Gasteiger partial charge in [0.25, 0.3) is 0 Å². The summed E-state index contributed by atoms with van der Waals surface area (Å²) in [6.45, 7) is 0.952. The summed E-state index contributed by atoms with van der Waals surface area (Å²) in [5.74, 6) is -0.320. The molecule has 1 N–H and O–H groups in total. The Bertz CT molecular complexity index is 1340. The van der Waals surface area contributed by atoms with Crippen LogP contribution in [0.25, 0.3) is 17.1 Å². The number of nitrogens with zero attached hydrogens (tertiary/aromatic N) is 2. The Labute approximate surface area is 203 Å².